The zero-order valence-electron chi connectivity index (χ0n) is 8.66. The van der Waals surface area contributed by atoms with Gasteiger partial charge in [-0.1, -0.05) is 13.8 Å². The number of aliphatic hydroxyl groups is 1. The van der Waals surface area contributed by atoms with E-state index in [9.17, 15) is 5.11 Å². The molecule has 1 rings (SSSR count). The van der Waals surface area contributed by atoms with Gasteiger partial charge in [0.15, 0.2) is 0 Å². The minimum Gasteiger partial charge on any atom is -0.391 e. The molecular formula is C9H16IN3O. The maximum atomic E-state index is 9.25. The fourth-order valence-electron chi connectivity index (χ4n) is 1.23. The lowest BCUT2D eigenvalue weighted by atomic mass is 10.1. The van der Waals surface area contributed by atoms with Gasteiger partial charge in [-0.05, 0) is 35.4 Å². The van der Waals surface area contributed by atoms with Gasteiger partial charge < -0.3 is 10.8 Å². The maximum absolute atomic E-state index is 9.25. The Balaban J connectivity index is 3.02. The second-order valence-electron chi connectivity index (χ2n) is 3.77. The molecule has 0 saturated heterocycles. The molecule has 0 aliphatic rings. The summed E-state index contributed by atoms with van der Waals surface area (Å²) >= 11 is 2.20. The normalized spacial score (nSPS) is 13.6. The predicted octanol–water partition coefficient (Wildman–Crippen LogP) is 1.57. The number of halogens is 1. The van der Waals surface area contributed by atoms with Crippen molar-refractivity contribution in [2.75, 3.05) is 5.73 Å². The highest BCUT2D eigenvalue weighted by atomic mass is 127. The zero-order valence-corrected chi connectivity index (χ0v) is 10.8. The molecule has 0 aromatic carbocycles. The number of aromatic nitrogens is 2. The monoisotopic (exact) mass is 309 g/mol. The predicted molar refractivity (Wildman–Crippen MR) is 65.1 cm³/mol. The smallest absolute Gasteiger partial charge is 0.135 e. The van der Waals surface area contributed by atoms with Crippen LogP contribution in [0.5, 0.6) is 0 Å². The van der Waals surface area contributed by atoms with E-state index < -0.39 is 6.10 Å². The Morgan fingerprint density at radius 3 is 2.43 bits per heavy atom. The van der Waals surface area contributed by atoms with E-state index in [1.54, 1.807) is 11.6 Å². The lowest BCUT2D eigenvalue weighted by molar-refractivity contribution is 0.169. The summed E-state index contributed by atoms with van der Waals surface area (Å²) in [7, 11) is 0. The fraction of sp³-hybridized carbons (Fsp3) is 0.667. The molecule has 0 saturated carbocycles. The molecule has 1 aromatic heterocycles. The van der Waals surface area contributed by atoms with Crippen molar-refractivity contribution in [3.8, 4) is 0 Å². The number of hydrogen-bond donors (Lipinski definition) is 2. The quantitative estimate of drug-likeness (QED) is 0.833. The molecule has 0 aliphatic carbocycles. The average Bonchev–Trinajstić information content (AvgIpc) is 2.32. The second kappa shape index (κ2) is 4.48. The first-order valence-corrected chi connectivity index (χ1v) is 5.71. The van der Waals surface area contributed by atoms with Gasteiger partial charge in [0.25, 0.3) is 0 Å². The molecule has 1 heterocycles. The van der Waals surface area contributed by atoms with Crippen LogP contribution in [0.2, 0.25) is 0 Å². The van der Waals surface area contributed by atoms with E-state index in [0.717, 1.165) is 9.26 Å². The third kappa shape index (κ3) is 2.38. The molecule has 1 atom stereocenters. The minimum absolute atomic E-state index is 0.361. The van der Waals surface area contributed by atoms with Crippen LogP contribution in [0.25, 0.3) is 0 Å². The Hall–Kier alpha value is -0.300. The minimum atomic E-state index is -0.423. The van der Waals surface area contributed by atoms with Gasteiger partial charge in [-0.2, -0.15) is 5.10 Å². The van der Waals surface area contributed by atoms with E-state index in [4.69, 9.17) is 5.73 Å². The van der Waals surface area contributed by atoms with Crippen molar-refractivity contribution >= 4 is 28.4 Å². The van der Waals surface area contributed by atoms with E-state index in [1.807, 2.05) is 0 Å². The highest BCUT2D eigenvalue weighted by Gasteiger charge is 2.16. The van der Waals surface area contributed by atoms with E-state index in [0.29, 0.717) is 18.3 Å². The molecule has 0 spiro atoms. The first-order chi connectivity index (χ1) is 6.43. The number of anilines is 1. The van der Waals surface area contributed by atoms with Crippen LogP contribution in [0.4, 0.5) is 5.82 Å². The zero-order chi connectivity index (χ0) is 10.9. The summed E-state index contributed by atoms with van der Waals surface area (Å²) in [5.41, 5.74) is 6.87. The van der Waals surface area contributed by atoms with Gasteiger partial charge >= 0.3 is 0 Å². The summed E-state index contributed by atoms with van der Waals surface area (Å²) < 4.78 is 2.67. The standard InChI is InChI=1S/C9H16IN3O/c1-5(2)8-7(10)9(11)13(12-8)4-6(3)14/h5-6,14H,4,11H2,1-3H3. The Bertz CT molecular complexity index is 320. The third-order valence-corrected chi connectivity index (χ3v) is 3.05. The molecule has 5 heteroatoms. The Kier molecular flexibility index (Phi) is 3.77. The molecule has 0 bridgehead atoms. The average molecular weight is 309 g/mol. The van der Waals surface area contributed by atoms with Crippen molar-refractivity contribution in [1.29, 1.82) is 0 Å². The van der Waals surface area contributed by atoms with Crippen LogP contribution < -0.4 is 5.73 Å². The summed E-state index contributed by atoms with van der Waals surface area (Å²) in [6.07, 6.45) is -0.423. The van der Waals surface area contributed by atoms with Crippen molar-refractivity contribution in [3.05, 3.63) is 9.26 Å². The molecule has 14 heavy (non-hydrogen) atoms. The molecule has 1 unspecified atom stereocenters. The number of rotatable bonds is 3. The Labute approximate surface area is 97.6 Å². The molecule has 3 N–H and O–H groups in total. The van der Waals surface area contributed by atoms with Gasteiger partial charge in [0, 0.05) is 0 Å². The highest BCUT2D eigenvalue weighted by molar-refractivity contribution is 14.1. The summed E-state index contributed by atoms with van der Waals surface area (Å²) in [5.74, 6) is 1.01. The van der Waals surface area contributed by atoms with Gasteiger partial charge in [-0.3, -0.25) is 0 Å². The van der Waals surface area contributed by atoms with Gasteiger partial charge in [-0.25, -0.2) is 4.68 Å². The van der Waals surface area contributed by atoms with E-state index in [-0.39, 0.29) is 0 Å². The van der Waals surface area contributed by atoms with Crippen molar-refractivity contribution < 1.29 is 5.11 Å². The topological polar surface area (TPSA) is 64.1 Å². The van der Waals surface area contributed by atoms with Crippen LogP contribution in [-0.4, -0.2) is 21.0 Å². The van der Waals surface area contributed by atoms with Crippen LogP contribution >= 0.6 is 22.6 Å². The molecule has 0 aliphatic heterocycles. The van der Waals surface area contributed by atoms with Crippen molar-refractivity contribution in [1.82, 2.24) is 9.78 Å². The number of hydrogen-bond acceptors (Lipinski definition) is 3. The second-order valence-corrected chi connectivity index (χ2v) is 4.85. The highest BCUT2D eigenvalue weighted by Crippen LogP contribution is 2.25. The summed E-state index contributed by atoms with van der Waals surface area (Å²) in [5, 5.41) is 13.6. The van der Waals surface area contributed by atoms with Gasteiger partial charge in [0.2, 0.25) is 0 Å². The summed E-state index contributed by atoms with van der Waals surface area (Å²) in [4.78, 5) is 0. The first-order valence-electron chi connectivity index (χ1n) is 4.63. The van der Waals surface area contributed by atoms with E-state index >= 15 is 0 Å². The lowest BCUT2D eigenvalue weighted by Gasteiger charge is -2.05. The Morgan fingerprint density at radius 2 is 2.07 bits per heavy atom. The summed E-state index contributed by atoms with van der Waals surface area (Å²) in [6, 6.07) is 0. The number of nitrogens with zero attached hydrogens (tertiary/aromatic N) is 2. The molecular weight excluding hydrogens is 293 g/mol. The molecule has 1 aromatic rings. The van der Waals surface area contributed by atoms with Crippen molar-refractivity contribution in [2.24, 2.45) is 0 Å². The Morgan fingerprint density at radius 1 is 1.50 bits per heavy atom. The molecule has 0 fully saturated rings. The van der Waals surface area contributed by atoms with Gasteiger partial charge in [0.1, 0.15) is 5.82 Å². The SMILES string of the molecule is CC(O)Cn1nc(C(C)C)c(I)c1N. The summed E-state index contributed by atoms with van der Waals surface area (Å²) in [6.45, 7) is 6.34. The van der Waals surface area contributed by atoms with Crippen LogP contribution in [0.15, 0.2) is 0 Å². The van der Waals surface area contributed by atoms with E-state index in [1.165, 1.54) is 0 Å². The maximum Gasteiger partial charge on any atom is 0.135 e. The third-order valence-electron chi connectivity index (χ3n) is 1.94. The van der Waals surface area contributed by atoms with Crippen LogP contribution in [0.1, 0.15) is 32.4 Å². The molecule has 0 amide bonds. The first kappa shape index (κ1) is 11.8. The van der Waals surface area contributed by atoms with E-state index in [2.05, 4.69) is 41.5 Å². The van der Waals surface area contributed by atoms with Crippen LogP contribution in [-0.2, 0) is 6.54 Å². The van der Waals surface area contributed by atoms with Gasteiger partial charge in [0.05, 0.1) is 21.9 Å². The molecule has 80 valence electrons. The lowest BCUT2D eigenvalue weighted by Crippen LogP contribution is -2.15. The van der Waals surface area contributed by atoms with Gasteiger partial charge in [-0.15, -0.1) is 0 Å². The molecule has 0 radical (unpaired) electrons. The number of aliphatic hydroxyl groups excluding tert-OH is 1. The number of nitrogen functional groups attached to an aromatic ring is 1. The van der Waals surface area contributed by atoms with Crippen LogP contribution in [0, 0.1) is 3.57 Å². The molecule has 4 nitrogen and oxygen atoms in total. The van der Waals surface area contributed by atoms with Crippen LogP contribution in [0.3, 0.4) is 0 Å². The largest absolute Gasteiger partial charge is 0.391 e. The van der Waals surface area contributed by atoms with Crippen molar-refractivity contribution in [2.45, 2.75) is 39.3 Å². The fourth-order valence-corrected chi connectivity index (χ4v) is 2.24. The van der Waals surface area contributed by atoms with Crippen molar-refractivity contribution in [3.63, 3.8) is 0 Å². The number of nitrogens with two attached hydrogens (primary N) is 1.